The van der Waals surface area contributed by atoms with E-state index < -0.39 is 10.2 Å². The maximum atomic E-state index is 9.89. The molecule has 0 saturated carbocycles. The first-order valence-electron chi connectivity index (χ1n) is 10.3. The fraction of sp³-hybridized carbons (Fsp3) is 1.00. The van der Waals surface area contributed by atoms with Gasteiger partial charge in [0.25, 0.3) is 0 Å². The molecule has 0 aromatic heterocycles. The van der Waals surface area contributed by atoms with Gasteiger partial charge in [0, 0.05) is 19.9 Å². The van der Waals surface area contributed by atoms with Crippen LogP contribution in [-0.4, -0.2) is 42.6 Å². The van der Waals surface area contributed by atoms with Gasteiger partial charge >= 0.3 is 0 Å². The Morgan fingerprint density at radius 2 is 1.19 bits per heavy atom. The Balaban J connectivity index is 0. The summed E-state index contributed by atoms with van der Waals surface area (Å²) >= 11 is 0. The number of unbranched alkanes of at least 4 members (excludes halogenated alkanes) is 9. The molecule has 2 atom stereocenters. The van der Waals surface area contributed by atoms with Gasteiger partial charge in [0.1, 0.15) is 6.17 Å². The molecule has 0 rings (SSSR count). The van der Waals surface area contributed by atoms with Crippen LogP contribution in [0.2, 0.25) is 0 Å². The van der Waals surface area contributed by atoms with E-state index in [1.54, 1.807) is 0 Å². The fourth-order valence-electron chi connectivity index (χ4n) is 2.99. The van der Waals surface area contributed by atoms with Crippen molar-refractivity contribution in [1.82, 2.24) is 5.32 Å². The van der Waals surface area contributed by atoms with Gasteiger partial charge in [-0.3, -0.25) is 9.80 Å². The highest BCUT2D eigenvalue weighted by Gasteiger charge is 2.30. The van der Waals surface area contributed by atoms with Crippen LogP contribution < -0.4 is 24.0 Å². The quantitative estimate of drug-likeness (QED) is 0.219. The van der Waals surface area contributed by atoms with Crippen LogP contribution >= 0.6 is 0 Å². The Kier molecular flexibility index (Phi) is 18.3. The van der Waals surface area contributed by atoms with Gasteiger partial charge in [0.05, 0.1) is 14.1 Å². The number of rotatable bonds is 15. The third kappa shape index (κ3) is 20.6. The van der Waals surface area contributed by atoms with Gasteiger partial charge in [-0.2, -0.15) is 0 Å². The van der Waals surface area contributed by atoms with Crippen LogP contribution in [0.5, 0.6) is 0 Å². The molecule has 166 valence electrons. The third-order valence-electron chi connectivity index (χ3n) is 5.06. The molecule has 0 radical (unpaired) electrons. The summed E-state index contributed by atoms with van der Waals surface area (Å²) in [4.78, 5) is 0. The van der Waals surface area contributed by atoms with Crippen molar-refractivity contribution < 1.29 is 38.5 Å². The van der Waals surface area contributed by atoms with Crippen LogP contribution in [0.3, 0.4) is 0 Å². The number of hydrogen-bond acceptors (Lipinski definition) is 6. The summed E-state index contributed by atoms with van der Waals surface area (Å²) in [7, 11) is -0.741. The molecular weight excluding hydrogens is 372 g/mol. The number of hydrogen-bond donors (Lipinski definition) is 2. The number of nitrogens with one attached hydrogen (secondary N) is 1. The molecule has 0 heterocycles. The van der Waals surface area contributed by atoms with Crippen molar-refractivity contribution in [3.8, 4) is 0 Å². The lowest BCUT2D eigenvalue weighted by molar-refractivity contribution is -2.00. The average molecular weight is 415 g/mol. The van der Waals surface area contributed by atoms with Crippen molar-refractivity contribution >= 4 is 0 Å². The number of quaternary nitrogens is 1. The maximum absolute atomic E-state index is 9.89. The van der Waals surface area contributed by atoms with E-state index >= 15 is 0 Å². The van der Waals surface area contributed by atoms with Gasteiger partial charge in [-0.15, -0.1) is 10.2 Å². The largest absolute Gasteiger partial charge is 0.345 e. The van der Waals surface area contributed by atoms with E-state index in [4.69, 9.17) is 18.6 Å². The number of nitrogens with zero attached hydrogens (tertiary/aromatic N) is 1. The predicted octanol–water partition coefficient (Wildman–Crippen LogP) is -0.108. The molecule has 0 amide bonds. The Morgan fingerprint density at radius 1 is 0.815 bits per heavy atom. The van der Waals surface area contributed by atoms with E-state index in [1.165, 1.54) is 64.2 Å². The minimum absolute atomic E-state index is 0.329. The Labute approximate surface area is 168 Å². The van der Waals surface area contributed by atoms with Crippen LogP contribution in [-0.2, 0) is 0 Å². The van der Waals surface area contributed by atoms with Crippen molar-refractivity contribution in [2.45, 2.75) is 104 Å². The summed E-state index contributed by atoms with van der Waals surface area (Å²) in [5, 5.41) is 13.5. The lowest BCUT2D eigenvalue weighted by atomic mass is 10.1. The summed E-state index contributed by atoms with van der Waals surface area (Å²) in [6.45, 7) is 7.42. The zero-order chi connectivity index (χ0) is 21.3. The lowest BCUT2D eigenvalue weighted by Crippen LogP contribution is -2.68. The first kappa shape index (κ1) is 29.2. The van der Waals surface area contributed by atoms with Crippen molar-refractivity contribution in [3.63, 3.8) is 0 Å². The Bertz CT molecular complexity index is 320. The molecule has 0 aromatic carbocycles. The highest BCUT2D eigenvalue weighted by atomic mass is 35.7. The van der Waals surface area contributed by atoms with Crippen molar-refractivity contribution in [2.75, 3.05) is 20.6 Å². The average Bonchev–Trinajstić information content (AvgIpc) is 2.54. The molecule has 27 heavy (non-hydrogen) atoms. The number of aliphatic hydroxyl groups is 1. The molecule has 0 aliphatic heterocycles. The maximum Gasteiger partial charge on any atom is 0.188 e. The summed E-state index contributed by atoms with van der Waals surface area (Å²) in [6.07, 6.45) is 14.9. The molecule has 0 bridgehead atoms. The summed E-state index contributed by atoms with van der Waals surface area (Å²) in [5.74, 6) is 0. The predicted molar refractivity (Wildman–Crippen MR) is 97.7 cm³/mol. The monoisotopic (exact) mass is 414 g/mol. The van der Waals surface area contributed by atoms with Gasteiger partial charge in [-0.1, -0.05) is 71.6 Å². The number of aliphatic hydroxyl groups excluding tert-OH is 1. The summed E-state index contributed by atoms with van der Waals surface area (Å²) < 4.78 is 34.6. The first-order chi connectivity index (χ1) is 12.5. The molecule has 0 aliphatic carbocycles. The van der Waals surface area contributed by atoms with E-state index in [1.807, 2.05) is 6.92 Å². The number of halogens is 1. The second kappa shape index (κ2) is 16.9. The highest BCUT2D eigenvalue weighted by molar-refractivity contribution is 4.56. The minimum atomic E-state index is -4.94. The molecule has 0 aromatic rings. The van der Waals surface area contributed by atoms with Crippen LogP contribution in [0.25, 0.3) is 0 Å². The van der Waals surface area contributed by atoms with Crippen LogP contribution in [0.1, 0.15) is 91.4 Å². The third-order valence-corrected chi connectivity index (χ3v) is 5.06. The van der Waals surface area contributed by atoms with E-state index in [9.17, 15) is 5.11 Å². The van der Waals surface area contributed by atoms with Crippen molar-refractivity contribution in [3.05, 3.63) is 0 Å². The summed E-state index contributed by atoms with van der Waals surface area (Å²) in [6, 6.07) is 0. The summed E-state index contributed by atoms with van der Waals surface area (Å²) in [5.41, 5.74) is 0. The van der Waals surface area contributed by atoms with E-state index in [-0.39, 0.29) is 6.23 Å². The molecule has 2 N–H and O–H groups in total. The molecule has 8 heteroatoms. The zero-order valence-electron chi connectivity index (χ0n) is 18.0. The van der Waals surface area contributed by atoms with Crippen LogP contribution in [0.4, 0.5) is 0 Å². The molecular formula is C19H43ClN2O5. The SMILES string of the molecule is CCCCCCCCCCCCNC(CC)[N+](C)(C)C(C)O.[O-][Cl+3]([O-])([O-])[O-]. The molecule has 0 spiro atoms. The van der Waals surface area contributed by atoms with Crippen molar-refractivity contribution in [2.24, 2.45) is 0 Å². The van der Waals surface area contributed by atoms with Gasteiger partial charge in [0.15, 0.2) is 6.23 Å². The molecule has 7 nitrogen and oxygen atoms in total. The normalized spacial score (nSPS) is 14.4. The molecule has 2 unspecified atom stereocenters. The van der Waals surface area contributed by atoms with Crippen LogP contribution in [0, 0.1) is 10.2 Å². The molecule has 0 fully saturated rings. The van der Waals surface area contributed by atoms with Crippen molar-refractivity contribution in [1.29, 1.82) is 0 Å². The van der Waals surface area contributed by atoms with Crippen LogP contribution in [0.15, 0.2) is 0 Å². The van der Waals surface area contributed by atoms with E-state index in [0.717, 1.165) is 13.0 Å². The zero-order valence-corrected chi connectivity index (χ0v) is 18.8. The molecule has 0 saturated heterocycles. The van der Waals surface area contributed by atoms with E-state index in [0.29, 0.717) is 10.6 Å². The van der Waals surface area contributed by atoms with Gasteiger partial charge in [-0.05, 0) is 6.42 Å². The van der Waals surface area contributed by atoms with E-state index in [2.05, 4.69) is 33.3 Å². The highest BCUT2D eigenvalue weighted by Crippen LogP contribution is 2.13. The molecule has 0 aliphatic rings. The Morgan fingerprint density at radius 3 is 1.52 bits per heavy atom. The minimum Gasteiger partial charge on any atom is -0.345 e. The second-order valence-electron chi connectivity index (χ2n) is 7.70. The van der Waals surface area contributed by atoms with Gasteiger partial charge in [0.2, 0.25) is 0 Å². The second-order valence-corrected chi connectivity index (χ2v) is 8.45. The standard InChI is InChI=1S/C19H43N2O.ClHO4/c1-6-8-9-10-11-12-13-14-15-16-17-20-19(7-2)21(4,5)18(3)22;2-1(3,4)5/h18-20,22H,6-17H2,1-5H3;(H,2,3,4,5)/q+1;/p-1. The lowest BCUT2D eigenvalue weighted by Gasteiger charge is -2.40. The van der Waals surface area contributed by atoms with Gasteiger partial charge < -0.3 is 5.11 Å². The van der Waals surface area contributed by atoms with Gasteiger partial charge in [-0.25, -0.2) is 18.6 Å². The fourth-order valence-corrected chi connectivity index (χ4v) is 2.99. The smallest absolute Gasteiger partial charge is 0.188 e. The topological polar surface area (TPSA) is 124 Å². The first-order valence-corrected chi connectivity index (χ1v) is 11.6. The Hall–Kier alpha value is 0.01000.